The fourth-order valence-electron chi connectivity index (χ4n) is 3.42. The van der Waals surface area contributed by atoms with Crippen molar-refractivity contribution in [1.82, 2.24) is 19.4 Å². The molecule has 23 heavy (non-hydrogen) atoms. The van der Waals surface area contributed by atoms with Gasteiger partial charge in [0.1, 0.15) is 5.82 Å². The number of carbonyl (C=O) groups excluding carboxylic acids is 1. The van der Waals surface area contributed by atoms with Crippen LogP contribution in [0.4, 0.5) is 0 Å². The molecule has 0 aliphatic carbocycles. The van der Waals surface area contributed by atoms with Crippen LogP contribution in [0.5, 0.6) is 0 Å². The molecule has 1 amide bonds. The summed E-state index contributed by atoms with van der Waals surface area (Å²) in [6.45, 7) is 7.63. The van der Waals surface area contributed by atoms with Gasteiger partial charge in [0.15, 0.2) is 0 Å². The van der Waals surface area contributed by atoms with Crippen LogP contribution in [0.3, 0.4) is 0 Å². The van der Waals surface area contributed by atoms with Gasteiger partial charge in [0, 0.05) is 37.1 Å². The van der Waals surface area contributed by atoms with Crippen molar-refractivity contribution in [1.29, 1.82) is 0 Å². The van der Waals surface area contributed by atoms with Gasteiger partial charge >= 0.3 is 0 Å². The first-order chi connectivity index (χ1) is 10.9. The molecule has 1 saturated heterocycles. The zero-order chi connectivity index (χ0) is 16.6. The Morgan fingerprint density at radius 2 is 2.13 bits per heavy atom. The highest BCUT2D eigenvalue weighted by atomic mass is 32.1. The van der Waals surface area contributed by atoms with Gasteiger partial charge in [-0.15, -0.1) is 11.3 Å². The van der Waals surface area contributed by atoms with E-state index in [1.807, 2.05) is 32.7 Å². The maximum absolute atomic E-state index is 12.7. The molecule has 3 heterocycles. The largest absolute Gasteiger partial charge is 0.342 e. The number of rotatable bonds is 3. The fourth-order valence-corrected chi connectivity index (χ4v) is 4.34. The Bertz CT molecular complexity index is 718. The normalized spacial score (nSPS) is 18.4. The number of amides is 1. The molecule has 1 fully saturated rings. The summed E-state index contributed by atoms with van der Waals surface area (Å²) in [7, 11) is 2.04. The first-order valence-corrected chi connectivity index (χ1v) is 8.96. The number of thiazole rings is 1. The van der Waals surface area contributed by atoms with Crippen LogP contribution in [0.1, 0.15) is 45.9 Å². The average Bonchev–Trinajstić information content (AvgIpc) is 3.00. The highest BCUT2D eigenvalue weighted by molar-refractivity contribution is 7.11. The fraction of sp³-hybridized carbons (Fsp3) is 0.588. The number of carbonyl (C=O) groups is 1. The van der Waals surface area contributed by atoms with E-state index in [0.29, 0.717) is 12.3 Å². The standard InChI is InChI=1S/C17H24N4OS/c1-11-9-20(4)17(18-11)14-6-5-7-21(10-14)16(22)8-15-12(2)19-13(3)23-15/h9,14H,5-8,10H2,1-4H3/t14-/m0/s1. The van der Waals surface area contributed by atoms with Crippen LogP contribution in [0.2, 0.25) is 0 Å². The number of aromatic nitrogens is 3. The first-order valence-electron chi connectivity index (χ1n) is 8.14. The lowest BCUT2D eigenvalue weighted by atomic mass is 9.97. The van der Waals surface area contributed by atoms with Crippen LogP contribution in [-0.4, -0.2) is 38.4 Å². The number of hydrogen-bond donors (Lipinski definition) is 0. The minimum Gasteiger partial charge on any atom is -0.342 e. The third-order valence-corrected chi connectivity index (χ3v) is 5.56. The van der Waals surface area contributed by atoms with Gasteiger partial charge in [-0.05, 0) is 33.6 Å². The zero-order valence-corrected chi connectivity index (χ0v) is 15.1. The Labute approximate surface area is 141 Å². The summed E-state index contributed by atoms with van der Waals surface area (Å²) in [5.41, 5.74) is 2.04. The number of piperidine rings is 1. The van der Waals surface area contributed by atoms with Gasteiger partial charge in [0.2, 0.25) is 5.91 Å². The monoisotopic (exact) mass is 332 g/mol. The second kappa shape index (κ2) is 6.43. The summed E-state index contributed by atoms with van der Waals surface area (Å²) >= 11 is 1.63. The van der Waals surface area contributed by atoms with Crippen molar-refractivity contribution < 1.29 is 4.79 Å². The Balaban J connectivity index is 1.69. The van der Waals surface area contributed by atoms with Crippen molar-refractivity contribution >= 4 is 17.2 Å². The zero-order valence-electron chi connectivity index (χ0n) is 14.3. The van der Waals surface area contributed by atoms with E-state index in [1.165, 1.54) is 0 Å². The highest BCUT2D eigenvalue weighted by Gasteiger charge is 2.27. The number of aryl methyl sites for hydroxylation is 4. The van der Waals surface area contributed by atoms with E-state index in [2.05, 4.69) is 20.7 Å². The van der Waals surface area contributed by atoms with E-state index < -0.39 is 0 Å². The minimum atomic E-state index is 0.215. The lowest BCUT2D eigenvalue weighted by molar-refractivity contribution is -0.131. The molecule has 0 bridgehead atoms. The molecule has 1 atom stereocenters. The van der Waals surface area contributed by atoms with Gasteiger partial charge in [0.05, 0.1) is 22.8 Å². The van der Waals surface area contributed by atoms with E-state index >= 15 is 0 Å². The summed E-state index contributed by atoms with van der Waals surface area (Å²) in [6.07, 6.45) is 4.68. The molecule has 0 saturated carbocycles. The van der Waals surface area contributed by atoms with Crippen molar-refractivity contribution in [2.45, 2.75) is 46.0 Å². The summed E-state index contributed by atoms with van der Waals surface area (Å²) in [5.74, 6) is 1.66. The van der Waals surface area contributed by atoms with Gasteiger partial charge in [-0.25, -0.2) is 9.97 Å². The molecule has 5 nitrogen and oxygen atoms in total. The summed E-state index contributed by atoms with van der Waals surface area (Å²) in [4.78, 5) is 24.8. The number of imidazole rings is 1. The van der Waals surface area contributed by atoms with Crippen molar-refractivity contribution in [3.05, 3.63) is 33.3 Å². The molecule has 0 unspecified atom stereocenters. The van der Waals surface area contributed by atoms with Crippen molar-refractivity contribution in [3.8, 4) is 0 Å². The highest BCUT2D eigenvalue weighted by Crippen LogP contribution is 2.27. The quantitative estimate of drug-likeness (QED) is 0.868. The molecule has 0 N–H and O–H groups in total. The predicted molar refractivity (Wildman–Crippen MR) is 91.8 cm³/mol. The van der Waals surface area contributed by atoms with Gasteiger partial charge in [-0.1, -0.05) is 0 Å². The second-order valence-corrected chi connectivity index (χ2v) is 7.74. The van der Waals surface area contributed by atoms with Gasteiger partial charge in [0.25, 0.3) is 0 Å². The van der Waals surface area contributed by atoms with Crippen LogP contribution >= 0.6 is 11.3 Å². The van der Waals surface area contributed by atoms with Crippen molar-refractivity contribution in [3.63, 3.8) is 0 Å². The number of nitrogens with zero attached hydrogens (tertiary/aromatic N) is 4. The number of likely N-dealkylation sites (tertiary alicyclic amines) is 1. The number of hydrogen-bond acceptors (Lipinski definition) is 4. The third kappa shape index (κ3) is 3.47. The van der Waals surface area contributed by atoms with Crippen LogP contribution in [0.15, 0.2) is 6.20 Å². The van der Waals surface area contributed by atoms with E-state index in [9.17, 15) is 4.79 Å². The van der Waals surface area contributed by atoms with Crippen LogP contribution in [0, 0.1) is 20.8 Å². The molecule has 2 aromatic rings. The lowest BCUT2D eigenvalue weighted by Crippen LogP contribution is -2.40. The van der Waals surface area contributed by atoms with Gasteiger partial charge in [-0.3, -0.25) is 4.79 Å². The summed E-state index contributed by atoms with van der Waals surface area (Å²) < 4.78 is 2.10. The van der Waals surface area contributed by atoms with E-state index in [0.717, 1.165) is 53.0 Å². The summed E-state index contributed by atoms with van der Waals surface area (Å²) in [6, 6.07) is 0. The molecule has 2 aromatic heterocycles. The van der Waals surface area contributed by atoms with Crippen molar-refractivity contribution in [2.24, 2.45) is 7.05 Å². The van der Waals surface area contributed by atoms with E-state index in [-0.39, 0.29) is 5.91 Å². The first kappa shape index (κ1) is 16.2. The Kier molecular flexibility index (Phi) is 4.53. The van der Waals surface area contributed by atoms with Crippen molar-refractivity contribution in [2.75, 3.05) is 13.1 Å². The molecule has 3 rings (SSSR count). The van der Waals surface area contributed by atoms with Crippen LogP contribution in [-0.2, 0) is 18.3 Å². The third-order valence-electron chi connectivity index (χ3n) is 4.48. The molecule has 124 valence electrons. The van der Waals surface area contributed by atoms with Crippen LogP contribution < -0.4 is 0 Å². The topological polar surface area (TPSA) is 51.0 Å². The Hall–Kier alpha value is -1.69. The maximum Gasteiger partial charge on any atom is 0.227 e. The van der Waals surface area contributed by atoms with E-state index in [1.54, 1.807) is 11.3 Å². The second-order valence-electron chi connectivity index (χ2n) is 6.45. The SMILES string of the molecule is Cc1cn(C)c([C@H]2CCCN(C(=O)Cc3sc(C)nc3C)C2)n1. The Morgan fingerprint density at radius 3 is 2.74 bits per heavy atom. The molecule has 0 aromatic carbocycles. The smallest absolute Gasteiger partial charge is 0.227 e. The van der Waals surface area contributed by atoms with Crippen LogP contribution in [0.25, 0.3) is 0 Å². The predicted octanol–water partition coefficient (Wildman–Crippen LogP) is 2.75. The van der Waals surface area contributed by atoms with Gasteiger partial charge < -0.3 is 9.47 Å². The molecular weight excluding hydrogens is 308 g/mol. The molecule has 1 aliphatic heterocycles. The Morgan fingerprint density at radius 1 is 1.35 bits per heavy atom. The summed E-state index contributed by atoms with van der Waals surface area (Å²) in [5, 5.41) is 1.03. The lowest BCUT2D eigenvalue weighted by Gasteiger charge is -2.32. The van der Waals surface area contributed by atoms with Gasteiger partial charge in [-0.2, -0.15) is 0 Å². The maximum atomic E-state index is 12.7. The van der Waals surface area contributed by atoms with E-state index in [4.69, 9.17) is 0 Å². The molecule has 1 aliphatic rings. The molecule has 0 spiro atoms. The average molecular weight is 332 g/mol. The molecular formula is C17H24N4OS. The minimum absolute atomic E-state index is 0.215. The molecule has 6 heteroatoms. The molecule has 0 radical (unpaired) electrons.